The largest absolute Gasteiger partial charge is 0.462 e. The molecule has 0 aliphatic rings. The molecule has 0 bridgehead atoms. The third-order valence-corrected chi connectivity index (χ3v) is 10.6. The van der Waals surface area contributed by atoms with E-state index in [1.54, 1.807) is 22.7 Å². The molecule has 2 aromatic rings. The lowest BCUT2D eigenvalue weighted by Crippen LogP contribution is -2.40. The van der Waals surface area contributed by atoms with Crippen LogP contribution < -0.4 is 0 Å². The van der Waals surface area contributed by atoms with E-state index in [4.69, 9.17) is 9.16 Å². The Balaban J connectivity index is 2.35. The van der Waals surface area contributed by atoms with Gasteiger partial charge >= 0.3 is 5.97 Å². The van der Waals surface area contributed by atoms with Crippen LogP contribution in [0.25, 0.3) is 4.83 Å². The first-order valence-electron chi connectivity index (χ1n) is 8.43. The second-order valence-corrected chi connectivity index (χ2v) is 13.6. The molecule has 0 aliphatic carbocycles. The topological polar surface area (TPSA) is 57.0 Å². The van der Waals surface area contributed by atoms with Crippen LogP contribution in [0.4, 0.5) is 0 Å². The molecule has 0 atom stereocenters. The zero-order chi connectivity index (χ0) is 19.0. The zero-order valence-electron chi connectivity index (χ0n) is 16.1. The molecule has 0 spiro atoms. The molecular weight excluding hydrogens is 354 g/mol. The van der Waals surface area contributed by atoms with Gasteiger partial charge in [0.25, 0.3) is 0 Å². The summed E-state index contributed by atoms with van der Waals surface area (Å²) in [6.07, 6.45) is 2.62. The van der Waals surface area contributed by atoms with Crippen molar-refractivity contribution in [3.8, 4) is 0 Å². The number of ether oxygens (including phenoxy) is 1. The summed E-state index contributed by atoms with van der Waals surface area (Å²) >= 11 is 1.55. The molecule has 0 unspecified atom stereocenters. The number of hydrogen-bond donors (Lipinski definition) is 0. The van der Waals surface area contributed by atoms with Crippen LogP contribution in [0.1, 0.15) is 59.0 Å². The molecule has 25 heavy (non-hydrogen) atoms. The standard InChI is InChI=1S/C18H27NO4SSi/c1-8-22-17(21)15-12(2)16-19(14(15)10-20)9-13(24-16)11-23-25(6,7)18(3,4)5/h9-10H,8,11H2,1-7H3. The van der Waals surface area contributed by atoms with E-state index in [1.165, 1.54) is 0 Å². The molecular formula is C18H27NO4SSi. The van der Waals surface area contributed by atoms with Crippen molar-refractivity contribution in [3.63, 3.8) is 0 Å². The fraction of sp³-hybridized carbons (Fsp3) is 0.556. The Morgan fingerprint density at radius 3 is 2.52 bits per heavy atom. The second-order valence-electron chi connectivity index (χ2n) is 7.65. The van der Waals surface area contributed by atoms with Crippen molar-refractivity contribution in [1.29, 1.82) is 0 Å². The van der Waals surface area contributed by atoms with Gasteiger partial charge in [0.1, 0.15) is 10.5 Å². The van der Waals surface area contributed by atoms with Crippen molar-refractivity contribution >= 4 is 36.7 Å². The van der Waals surface area contributed by atoms with Crippen LogP contribution in [0.3, 0.4) is 0 Å². The van der Waals surface area contributed by atoms with Gasteiger partial charge in [0.15, 0.2) is 14.6 Å². The van der Waals surface area contributed by atoms with Crippen LogP contribution in [0, 0.1) is 6.92 Å². The second kappa shape index (κ2) is 7.05. The van der Waals surface area contributed by atoms with E-state index >= 15 is 0 Å². The van der Waals surface area contributed by atoms with Crippen LogP contribution in [0.15, 0.2) is 6.20 Å². The van der Waals surface area contributed by atoms with E-state index in [2.05, 4.69) is 33.9 Å². The molecule has 0 radical (unpaired) electrons. The van der Waals surface area contributed by atoms with E-state index < -0.39 is 14.3 Å². The van der Waals surface area contributed by atoms with E-state index in [-0.39, 0.29) is 11.6 Å². The highest BCUT2D eigenvalue weighted by Gasteiger charge is 2.37. The van der Waals surface area contributed by atoms with Gasteiger partial charge in [-0.3, -0.25) is 4.79 Å². The Bertz CT molecular complexity index is 798. The highest BCUT2D eigenvalue weighted by atomic mass is 32.1. The van der Waals surface area contributed by atoms with Crippen LogP contribution >= 0.6 is 11.3 Å². The first kappa shape index (κ1) is 19.9. The van der Waals surface area contributed by atoms with E-state index in [0.29, 0.717) is 17.9 Å². The number of carbonyl (C=O) groups excluding carboxylic acids is 2. The van der Waals surface area contributed by atoms with Crippen molar-refractivity contribution < 1.29 is 18.8 Å². The molecule has 7 heteroatoms. The number of aromatic nitrogens is 1. The van der Waals surface area contributed by atoms with E-state index in [1.807, 2.05) is 13.1 Å². The number of rotatable bonds is 6. The maximum atomic E-state index is 12.2. The van der Waals surface area contributed by atoms with Crippen LogP contribution in [-0.4, -0.2) is 31.6 Å². The van der Waals surface area contributed by atoms with E-state index in [9.17, 15) is 9.59 Å². The summed E-state index contributed by atoms with van der Waals surface area (Å²) in [5.41, 5.74) is 1.49. The lowest BCUT2D eigenvalue weighted by molar-refractivity contribution is 0.0523. The average Bonchev–Trinajstić information content (AvgIpc) is 3.02. The molecule has 0 amide bonds. The van der Waals surface area contributed by atoms with Gasteiger partial charge in [-0.15, -0.1) is 11.3 Å². The summed E-state index contributed by atoms with van der Waals surface area (Å²) < 4.78 is 13.1. The molecule has 0 aromatic carbocycles. The van der Waals surface area contributed by atoms with Crippen LogP contribution in [0.5, 0.6) is 0 Å². The van der Waals surface area contributed by atoms with E-state index in [0.717, 1.165) is 21.6 Å². The summed E-state index contributed by atoms with van der Waals surface area (Å²) in [5.74, 6) is -0.447. The number of nitrogens with zero attached hydrogens (tertiary/aromatic N) is 1. The quantitative estimate of drug-likeness (QED) is 0.409. The predicted molar refractivity (Wildman–Crippen MR) is 103 cm³/mol. The Hall–Kier alpha value is -1.44. The van der Waals surface area contributed by atoms with Crippen LogP contribution in [-0.2, 0) is 15.8 Å². The van der Waals surface area contributed by atoms with Crippen molar-refractivity contribution in [2.75, 3.05) is 6.61 Å². The molecule has 0 saturated heterocycles. The number of esters is 1. The average molecular weight is 382 g/mol. The third-order valence-electron chi connectivity index (χ3n) is 4.90. The molecule has 0 fully saturated rings. The van der Waals surface area contributed by atoms with Crippen LogP contribution in [0.2, 0.25) is 18.1 Å². The summed E-state index contributed by atoms with van der Waals surface area (Å²) in [4.78, 5) is 25.7. The molecule has 2 rings (SSSR count). The highest BCUT2D eigenvalue weighted by molar-refractivity contribution is 7.17. The summed E-state index contributed by atoms with van der Waals surface area (Å²) in [5, 5.41) is 0.146. The zero-order valence-corrected chi connectivity index (χ0v) is 17.9. The Morgan fingerprint density at radius 2 is 2.00 bits per heavy atom. The van der Waals surface area contributed by atoms with Crippen molar-refractivity contribution in [3.05, 3.63) is 27.9 Å². The number of hydrogen-bond acceptors (Lipinski definition) is 5. The van der Waals surface area contributed by atoms with Gasteiger partial charge < -0.3 is 13.6 Å². The molecule has 0 aliphatic heterocycles. The number of carbonyl (C=O) groups is 2. The fourth-order valence-corrected chi connectivity index (χ4v) is 4.45. The molecule has 2 aromatic heterocycles. The van der Waals surface area contributed by atoms with Crippen molar-refractivity contribution in [2.45, 2.75) is 59.4 Å². The van der Waals surface area contributed by atoms with Gasteiger partial charge in [0.2, 0.25) is 0 Å². The minimum absolute atomic E-state index is 0.146. The van der Waals surface area contributed by atoms with Crippen molar-refractivity contribution in [1.82, 2.24) is 4.40 Å². The van der Waals surface area contributed by atoms with Gasteiger partial charge in [0.05, 0.1) is 18.8 Å². The first-order valence-corrected chi connectivity index (χ1v) is 12.2. The number of aldehydes is 1. The predicted octanol–water partition coefficient (Wildman–Crippen LogP) is 4.82. The minimum atomic E-state index is -1.84. The SMILES string of the molecule is CCOC(=O)c1c(C)c2sc(CO[Si](C)(C)C(C)(C)C)cn2c1C=O. The maximum absolute atomic E-state index is 12.2. The van der Waals surface area contributed by atoms with Gasteiger partial charge in [-0.05, 0) is 32.0 Å². The molecule has 138 valence electrons. The molecule has 2 heterocycles. The minimum Gasteiger partial charge on any atom is -0.462 e. The number of fused-ring (bicyclic) bond motifs is 1. The smallest absolute Gasteiger partial charge is 0.340 e. The van der Waals surface area contributed by atoms with Gasteiger partial charge in [0, 0.05) is 16.6 Å². The highest BCUT2D eigenvalue weighted by Crippen LogP contribution is 2.38. The Labute approximate surface area is 154 Å². The molecule has 5 nitrogen and oxygen atoms in total. The summed E-state index contributed by atoms with van der Waals surface area (Å²) in [6.45, 7) is 15.5. The third kappa shape index (κ3) is 3.73. The maximum Gasteiger partial charge on any atom is 0.340 e. The summed E-state index contributed by atoms with van der Waals surface area (Å²) in [6, 6.07) is 0. The molecule has 0 saturated carbocycles. The number of thiazole rings is 1. The normalized spacial score (nSPS) is 12.6. The van der Waals surface area contributed by atoms with Gasteiger partial charge in [-0.1, -0.05) is 20.8 Å². The Morgan fingerprint density at radius 1 is 1.36 bits per heavy atom. The monoisotopic (exact) mass is 381 g/mol. The number of aryl methyl sites for hydroxylation is 1. The fourth-order valence-electron chi connectivity index (χ4n) is 2.37. The lowest BCUT2D eigenvalue weighted by Gasteiger charge is -2.35. The van der Waals surface area contributed by atoms with Gasteiger partial charge in [-0.25, -0.2) is 4.79 Å². The van der Waals surface area contributed by atoms with Gasteiger partial charge in [-0.2, -0.15) is 0 Å². The first-order chi connectivity index (χ1) is 11.5. The Kier molecular flexibility index (Phi) is 5.61. The van der Waals surface area contributed by atoms with Crippen molar-refractivity contribution in [2.24, 2.45) is 0 Å². The molecule has 0 N–H and O–H groups in total. The summed E-state index contributed by atoms with van der Waals surface area (Å²) in [7, 11) is -1.84. The lowest BCUT2D eigenvalue weighted by atomic mass is 10.2.